The Kier molecular flexibility index (Phi) is 4.70. The van der Waals surface area contributed by atoms with Crippen molar-refractivity contribution in [3.63, 3.8) is 0 Å². The van der Waals surface area contributed by atoms with E-state index in [1.165, 1.54) is 12.5 Å². The molecule has 3 nitrogen and oxygen atoms in total. The molecule has 1 aromatic rings. The van der Waals surface area contributed by atoms with E-state index in [1.807, 2.05) is 24.3 Å². The van der Waals surface area contributed by atoms with Gasteiger partial charge in [-0.25, -0.2) is 0 Å². The lowest BCUT2D eigenvalue weighted by Gasteiger charge is -2.05. The number of carbonyl (C=O) groups is 2. The molecule has 0 unspecified atom stereocenters. The number of Topliss-reactive ketones (excluding diaryl/α,β-unsaturated/α-hetero) is 1. The number of benzene rings is 1. The Morgan fingerprint density at radius 2 is 1.75 bits per heavy atom. The number of aryl methyl sites for hydroxylation is 1. The number of hydrogen-bond acceptors (Lipinski definition) is 2. The van der Waals surface area contributed by atoms with Crippen molar-refractivity contribution in [2.45, 2.75) is 33.1 Å². The Bertz CT molecular complexity index is 368. The average Bonchev–Trinajstić information content (AvgIpc) is 2.27. The summed E-state index contributed by atoms with van der Waals surface area (Å²) < 4.78 is 0. The molecule has 1 N–H and O–H groups in total. The quantitative estimate of drug-likeness (QED) is 0.827. The van der Waals surface area contributed by atoms with Crippen LogP contribution in [0.3, 0.4) is 0 Å². The van der Waals surface area contributed by atoms with Crippen molar-refractivity contribution >= 4 is 17.4 Å². The third-order valence-electron chi connectivity index (χ3n) is 2.35. The molecule has 0 fully saturated rings. The van der Waals surface area contributed by atoms with Crippen molar-refractivity contribution in [3.05, 3.63) is 29.8 Å². The molecule has 1 aromatic carbocycles. The van der Waals surface area contributed by atoms with E-state index in [4.69, 9.17) is 0 Å². The molecule has 16 heavy (non-hydrogen) atoms. The standard InChI is InChI=1S/C13H17NO2/c1-3-11-5-7-12(8-6-11)14-13(16)9-4-10(2)15/h5-8H,3-4,9H2,1-2H3,(H,14,16). The fourth-order valence-electron chi connectivity index (χ4n) is 1.34. The van der Waals surface area contributed by atoms with E-state index in [2.05, 4.69) is 12.2 Å². The predicted octanol–water partition coefficient (Wildman–Crippen LogP) is 2.56. The van der Waals surface area contributed by atoms with E-state index in [0.717, 1.165) is 12.1 Å². The monoisotopic (exact) mass is 219 g/mol. The first-order valence-corrected chi connectivity index (χ1v) is 5.50. The molecule has 0 bridgehead atoms. The van der Waals surface area contributed by atoms with Gasteiger partial charge in [0.2, 0.25) is 5.91 Å². The van der Waals surface area contributed by atoms with E-state index >= 15 is 0 Å². The number of amides is 1. The second-order valence-electron chi connectivity index (χ2n) is 3.80. The summed E-state index contributed by atoms with van der Waals surface area (Å²) in [4.78, 5) is 22.1. The third-order valence-corrected chi connectivity index (χ3v) is 2.35. The van der Waals surface area contributed by atoms with Gasteiger partial charge in [0.25, 0.3) is 0 Å². The molecule has 0 saturated carbocycles. The van der Waals surface area contributed by atoms with Crippen LogP contribution >= 0.6 is 0 Å². The van der Waals surface area contributed by atoms with E-state index in [0.29, 0.717) is 6.42 Å². The Morgan fingerprint density at radius 1 is 1.12 bits per heavy atom. The van der Waals surface area contributed by atoms with Crippen molar-refractivity contribution in [2.75, 3.05) is 5.32 Å². The van der Waals surface area contributed by atoms with Gasteiger partial charge in [-0.2, -0.15) is 0 Å². The Hall–Kier alpha value is -1.64. The first-order valence-electron chi connectivity index (χ1n) is 5.50. The number of ketones is 1. The van der Waals surface area contributed by atoms with Crippen molar-refractivity contribution in [1.82, 2.24) is 0 Å². The molecule has 0 radical (unpaired) electrons. The van der Waals surface area contributed by atoms with Gasteiger partial charge < -0.3 is 10.1 Å². The second kappa shape index (κ2) is 6.05. The fraction of sp³-hybridized carbons (Fsp3) is 0.385. The molecule has 0 heterocycles. The summed E-state index contributed by atoms with van der Waals surface area (Å²) in [6, 6.07) is 7.73. The van der Waals surface area contributed by atoms with Gasteiger partial charge in [-0.3, -0.25) is 4.79 Å². The summed E-state index contributed by atoms with van der Waals surface area (Å²) in [7, 11) is 0. The summed E-state index contributed by atoms with van der Waals surface area (Å²) in [5.74, 6) is -0.0732. The molecule has 1 rings (SSSR count). The van der Waals surface area contributed by atoms with Crippen LogP contribution in [-0.4, -0.2) is 11.7 Å². The SMILES string of the molecule is CCc1ccc(NC(=O)CCC(C)=O)cc1. The Balaban J connectivity index is 2.46. The molecule has 0 aliphatic rings. The molecule has 0 saturated heterocycles. The van der Waals surface area contributed by atoms with Crippen LogP contribution in [0.2, 0.25) is 0 Å². The molecule has 0 aliphatic heterocycles. The van der Waals surface area contributed by atoms with Crippen LogP contribution in [0, 0.1) is 0 Å². The fourth-order valence-corrected chi connectivity index (χ4v) is 1.34. The summed E-state index contributed by atoms with van der Waals surface area (Å²) in [6.45, 7) is 3.57. The van der Waals surface area contributed by atoms with Gasteiger partial charge in [-0.1, -0.05) is 19.1 Å². The molecule has 1 amide bonds. The molecule has 86 valence electrons. The predicted molar refractivity (Wildman–Crippen MR) is 64.4 cm³/mol. The Labute approximate surface area is 95.9 Å². The van der Waals surface area contributed by atoms with E-state index in [-0.39, 0.29) is 18.1 Å². The smallest absolute Gasteiger partial charge is 0.224 e. The highest BCUT2D eigenvalue weighted by Gasteiger charge is 2.03. The summed E-state index contributed by atoms with van der Waals surface area (Å²) in [6.07, 6.45) is 1.54. The van der Waals surface area contributed by atoms with Crippen molar-refractivity contribution < 1.29 is 9.59 Å². The van der Waals surface area contributed by atoms with Gasteiger partial charge in [0.15, 0.2) is 0 Å². The van der Waals surface area contributed by atoms with Crippen LogP contribution in [0.4, 0.5) is 5.69 Å². The lowest BCUT2D eigenvalue weighted by Crippen LogP contribution is -2.12. The van der Waals surface area contributed by atoms with E-state index < -0.39 is 0 Å². The van der Waals surface area contributed by atoms with Crippen LogP contribution in [-0.2, 0) is 16.0 Å². The maximum Gasteiger partial charge on any atom is 0.224 e. The maximum absolute atomic E-state index is 11.4. The minimum absolute atomic E-state index is 0.0384. The average molecular weight is 219 g/mol. The number of carbonyl (C=O) groups excluding carboxylic acids is 2. The molecule has 0 spiro atoms. The first-order chi connectivity index (χ1) is 7.61. The van der Waals surface area contributed by atoms with E-state index in [1.54, 1.807) is 0 Å². The van der Waals surface area contributed by atoms with E-state index in [9.17, 15) is 9.59 Å². The van der Waals surface area contributed by atoms with Crippen molar-refractivity contribution in [2.24, 2.45) is 0 Å². The first kappa shape index (κ1) is 12.4. The lowest BCUT2D eigenvalue weighted by molar-refractivity contribution is -0.121. The van der Waals surface area contributed by atoms with Crippen LogP contribution in [0.15, 0.2) is 24.3 Å². The molecular formula is C13H17NO2. The topological polar surface area (TPSA) is 46.2 Å². The zero-order valence-electron chi connectivity index (χ0n) is 9.75. The zero-order valence-corrected chi connectivity index (χ0v) is 9.75. The molecule has 3 heteroatoms. The third kappa shape index (κ3) is 4.26. The van der Waals surface area contributed by atoms with Gasteiger partial charge in [0, 0.05) is 18.5 Å². The minimum Gasteiger partial charge on any atom is -0.326 e. The van der Waals surface area contributed by atoms with Crippen LogP contribution < -0.4 is 5.32 Å². The van der Waals surface area contributed by atoms with Gasteiger partial charge in [0.1, 0.15) is 5.78 Å². The second-order valence-corrected chi connectivity index (χ2v) is 3.80. The highest BCUT2D eigenvalue weighted by atomic mass is 16.2. The zero-order chi connectivity index (χ0) is 12.0. The number of hydrogen-bond donors (Lipinski definition) is 1. The van der Waals surface area contributed by atoms with Gasteiger partial charge in [0.05, 0.1) is 0 Å². The summed E-state index contributed by atoms with van der Waals surface area (Å²) >= 11 is 0. The Morgan fingerprint density at radius 3 is 2.25 bits per heavy atom. The maximum atomic E-state index is 11.4. The number of rotatable bonds is 5. The van der Waals surface area contributed by atoms with Gasteiger partial charge in [-0.05, 0) is 31.0 Å². The number of nitrogens with one attached hydrogen (secondary N) is 1. The van der Waals surface area contributed by atoms with Crippen molar-refractivity contribution in [1.29, 1.82) is 0 Å². The molecular weight excluding hydrogens is 202 g/mol. The van der Waals surface area contributed by atoms with Crippen LogP contribution in [0.1, 0.15) is 32.3 Å². The highest BCUT2D eigenvalue weighted by molar-refractivity contribution is 5.93. The highest BCUT2D eigenvalue weighted by Crippen LogP contribution is 2.10. The summed E-state index contributed by atoms with van der Waals surface area (Å²) in [5.41, 5.74) is 2.02. The normalized spacial score (nSPS) is 9.88. The van der Waals surface area contributed by atoms with Crippen molar-refractivity contribution in [3.8, 4) is 0 Å². The molecule has 0 atom stereocenters. The summed E-state index contributed by atoms with van der Waals surface area (Å²) in [5, 5.41) is 2.76. The largest absolute Gasteiger partial charge is 0.326 e. The van der Waals surface area contributed by atoms with Crippen LogP contribution in [0.5, 0.6) is 0 Å². The number of anilines is 1. The van der Waals surface area contributed by atoms with Crippen LogP contribution in [0.25, 0.3) is 0 Å². The van der Waals surface area contributed by atoms with Gasteiger partial charge >= 0.3 is 0 Å². The molecule has 0 aromatic heterocycles. The molecule has 0 aliphatic carbocycles. The minimum atomic E-state index is -0.112. The lowest BCUT2D eigenvalue weighted by atomic mass is 10.1. The van der Waals surface area contributed by atoms with Gasteiger partial charge in [-0.15, -0.1) is 0 Å².